The highest BCUT2D eigenvalue weighted by Gasteiger charge is 2.16. The van der Waals surface area contributed by atoms with E-state index in [1.807, 2.05) is 6.08 Å². The normalized spacial score (nSPS) is 13.7. The second-order valence-electron chi connectivity index (χ2n) is 6.74. The Labute approximate surface area is 154 Å². The van der Waals surface area contributed by atoms with Crippen LogP contribution in [0.4, 0.5) is 0 Å². The van der Waals surface area contributed by atoms with Crippen LogP contribution in [0.25, 0.3) is 0 Å². The maximum absolute atomic E-state index is 11.2. The van der Waals surface area contributed by atoms with Gasteiger partial charge in [0.15, 0.2) is 0 Å². The summed E-state index contributed by atoms with van der Waals surface area (Å²) in [6, 6.07) is -0.681. The Hall–Kier alpha value is -1.13. The third-order valence-corrected chi connectivity index (χ3v) is 4.43. The first kappa shape index (κ1) is 23.9. The van der Waals surface area contributed by atoms with Gasteiger partial charge in [-0.2, -0.15) is 0 Å². The Morgan fingerprint density at radius 3 is 2.00 bits per heavy atom. The zero-order valence-corrected chi connectivity index (χ0v) is 16.1. The highest BCUT2D eigenvalue weighted by molar-refractivity contribution is 5.87. The van der Waals surface area contributed by atoms with Crippen molar-refractivity contribution in [1.82, 2.24) is 5.32 Å². The predicted octanol–water partition coefficient (Wildman–Crippen LogP) is 4.27. The Morgan fingerprint density at radius 1 is 1.00 bits per heavy atom. The number of amides is 1. The Bertz CT molecular complexity index is 355. The lowest BCUT2D eigenvalue weighted by Crippen LogP contribution is -2.44. The fourth-order valence-corrected chi connectivity index (χ4v) is 2.78. The molecular formula is C21H39NO3. The van der Waals surface area contributed by atoms with Gasteiger partial charge in [0.05, 0.1) is 18.8 Å². The number of aliphatic hydroxyl groups excluding tert-OH is 2. The molecule has 0 aromatic heterocycles. The van der Waals surface area contributed by atoms with Crippen LogP contribution in [0, 0.1) is 0 Å². The van der Waals surface area contributed by atoms with Gasteiger partial charge in [-0.3, -0.25) is 4.79 Å². The zero-order chi connectivity index (χ0) is 18.8. The van der Waals surface area contributed by atoms with Gasteiger partial charge in [0.25, 0.3) is 0 Å². The van der Waals surface area contributed by atoms with Crippen molar-refractivity contribution in [2.75, 3.05) is 6.61 Å². The summed E-state index contributed by atoms with van der Waals surface area (Å²) in [6.07, 6.45) is 19.3. The van der Waals surface area contributed by atoms with Crippen molar-refractivity contribution in [3.63, 3.8) is 0 Å². The topological polar surface area (TPSA) is 69.6 Å². The van der Waals surface area contributed by atoms with Crippen molar-refractivity contribution in [3.05, 3.63) is 24.8 Å². The van der Waals surface area contributed by atoms with Crippen LogP contribution in [0.5, 0.6) is 0 Å². The van der Waals surface area contributed by atoms with Gasteiger partial charge in [-0.05, 0) is 18.9 Å². The summed E-state index contributed by atoms with van der Waals surface area (Å²) in [5.74, 6) is -0.392. The number of carbonyl (C=O) groups excluding carboxylic acids is 1. The minimum atomic E-state index is -0.874. The summed E-state index contributed by atoms with van der Waals surface area (Å²) in [7, 11) is 0. The summed E-state index contributed by atoms with van der Waals surface area (Å²) in [5.41, 5.74) is 0. The van der Waals surface area contributed by atoms with Gasteiger partial charge >= 0.3 is 0 Å². The van der Waals surface area contributed by atoms with E-state index in [1.54, 1.807) is 6.08 Å². The first-order valence-electron chi connectivity index (χ1n) is 10.0. The molecule has 0 radical (unpaired) electrons. The highest BCUT2D eigenvalue weighted by atomic mass is 16.3. The average Bonchev–Trinajstić information content (AvgIpc) is 2.63. The molecule has 0 bridgehead atoms. The van der Waals surface area contributed by atoms with E-state index in [0.29, 0.717) is 0 Å². The van der Waals surface area contributed by atoms with Crippen LogP contribution < -0.4 is 5.32 Å². The zero-order valence-electron chi connectivity index (χ0n) is 16.1. The van der Waals surface area contributed by atoms with Crippen molar-refractivity contribution >= 4 is 5.91 Å². The number of hydrogen-bond acceptors (Lipinski definition) is 3. The van der Waals surface area contributed by atoms with E-state index in [2.05, 4.69) is 18.8 Å². The summed E-state index contributed by atoms with van der Waals surface area (Å²) >= 11 is 0. The molecule has 0 saturated heterocycles. The van der Waals surface area contributed by atoms with E-state index in [-0.39, 0.29) is 6.61 Å². The molecule has 0 saturated carbocycles. The van der Waals surface area contributed by atoms with Gasteiger partial charge < -0.3 is 15.5 Å². The molecule has 4 nitrogen and oxygen atoms in total. The molecule has 0 heterocycles. The molecule has 0 aliphatic rings. The van der Waals surface area contributed by atoms with Gasteiger partial charge in [0.1, 0.15) is 0 Å². The molecule has 0 spiro atoms. The first-order valence-corrected chi connectivity index (χ1v) is 10.0. The van der Waals surface area contributed by atoms with Crippen LogP contribution in [0.1, 0.15) is 84.0 Å². The molecule has 3 N–H and O–H groups in total. The smallest absolute Gasteiger partial charge is 0.243 e. The van der Waals surface area contributed by atoms with Crippen molar-refractivity contribution in [2.45, 2.75) is 96.1 Å². The molecule has 0 aromatic rings. The molecule has 1 amide bonds. The largest absolute Gasteiger partial charge is 0.394 e. The van der Waals surface area contributed by atoms with E-state index in [1.165, 1.54) is 64.2 Å². The Balaban J connectivity index is 3.55. The van der Waals surface area contributed by atoms with Crippen molar-refractivity contribution < 1.29 is 15.0 Å². The lowest BCUT2D eigenvalue weighted by molar-refractivity contribution is -0.118. The average molecular weight is 354 g/mol. The van der Waals surface area contributed by atoms with Gasteiger partial charge in [0.2, 0.25) is 5.91 Å². The first-order chi connectivity index (χ1) is 12.2. The van der Waals surface area contributed by atoms with E-state index in [4.69, 9.17) is 0 Å². The lowest BCUT2D eigenvalue weighted by atomic mass is 10.0. The lowest BCUT2D eigenvalue weighted by Gasteiger charge is -2.18. The van der Waals surface area contributed by atoms with E-state index in [9.17, 15) is 15.0 Å². The van der Waals surface area contributed by atoms with Crippen LogP contribution >= 0.6 is 0 Å². The van der Waals surface area contributed by atoms with Crippen molar-refractivity contribution in [3.8, 4) is 0 Å². The second-order valence-corrected chi connectivity index (χ2v) is 6.74. The van der Waals surface area contributed by atoms with E-state index in [0.717, 1.165) is 18.9 Å². The highest BCUT2D eigenvalue weighted by Crippen LogP contribution is 2.12. The molecule has 4 heteroatoms. The predicted molar refractivity (Wildman–Crippen MR) is 105 cm³/mol. The molecule has 146 valence electrons. The molecule has 2 atom stereocenters. The minimum Gasteiger partial charge on any atom is -0.394 e. The number of nitrogens with one attached hydrogen (secondary N) is 1. The van der Waals surface area contributed by atoms with Crippen LogP contribution in [-0.2, 0) is 4.79 Å². The molecule has 0 rings (SSSR count). The number of rotatable bonds is 17. The number of hydrogen-bond donors (Lipinski definition) is 3. The molecule has 25 heavy (non-hydrogen) atoms. The fourth-order valence-electron chi connectivity index (χ4n) is 2.78. The van der Waals surface area contributed by atoms with Crippen molar-refractivity contribution in [2.24, 2.45) is 0 Å². The summed E-state index contributed by atoms with van der Waals surface area (Å²) < 4.78 is 0. The fraction of sp³-hybridized carbons (Fsp3) is 0.762. The quantitative estimate of drug-likeness (QED) is 0.208. The van der Waals surface area contributed by atoms with Crippen LogP contribution in [0.15, 0.2) is 24.8 Å². The number of aliphatic hydroxyl groups is 2. The second kappa shape index (κ2) is 17.7. The summed E-state index contributed by atoms with van der Waals surface area (Å²) in [4.78, 5) is 11.2. The molecule has 0 aliphatic carbocycles. The molecule has 0 unspecified atom stereocenters. The van der Waals surface area contributed by atoms with Crippen LogP contribution in [0.3, 0.4) is 0 Å². The third-order valence-electron chi connectivity index (χ3n) is 4.43. The maximum Gasteiger partial charge on any atom is 0.243 e. The molecular weight excluding hydrogens is 314 g/mol. The monoisotopic (exact) mass is 353 g/mol. The maximum atomic E-state index is 11.2. The SMILES string of the molecule is C=CC(=O)N[C@@H](CO)[C@H](O)/C=C/CCCCCCCCCCCCC. The van der Waals surface area contributed by atoms with Gasteiger partial charge in [-0.25, -0.2) is 0 Å². The van der Waals surface area contributed by atoms with Gasteiger partial charge in [-0.1, -0.05) is 89.9 Å². The Morgan fingerprint density at radius 2 is 1.52 bits per heavy atom. The Kier molecular flexibility index (Phi) is 16.9. The number of unbranched alkanes of at least 4 members (excludes halogenated alkanes) is 11. The summed E-state index contributed by atoms with van der Waals surface area (Å²) in [6.45, 7) is 5.30. The van der Waals surface area contributed by atoms with E-state index >= 15 is 0 Å². The molecule has 0 fully saturated rings. The van der Waals surface area contributed by atoms with Crippen LogP contribution in [-0.4, -0.2) is 34.9 Å². The minimum absolute atomic E-state index is 0.302. The van der Waals surface area contributed by atoms with Gasteiger partial charge in [0, 0.05) is 0 Å². The molecule has 0 aliphatic heterocycles. The molecule has 0 aromatic carbocycles. The number of allylic oxidation sites excluding steroid dienone is 1. The van der Waals surface area contributed by atoms with E-state index < -0.39 is 18.1 Å². The summed E-state index contributed by atoms with van der Waals surface area (Å²) in [5, 5.41) is 21.6. The van der Waals surface area contributed by atoms with Crippen LogP contribution in [0.2, 0.25) is 0 Å². The third kappa shape index (κ3) is 14.9. The van der Waals surface area contributed by atoms with Crippen molar-refractivity contribution in [1.29, 1.82) is 0 Å². The standard InChI is InChI=1S/C21H39NO3/c1-3-5-6-7-8-9-10-11-12-13-14-15-16-17-20(24)19(18-23)22-21(25)4-2/h4,16-17,19-20,23-24H,2-3,5-15,18H2,1H3,(H,22,25)/b17-16+/t19-,20+/m0/s1. The van der Waals surface area contributed by atoms with Gasteiger partial charge in [-0.15, -0.1) is 0 Å². The number of carbonyl (C=O) groups is 1.